The lowest BCUT2D eigenvalue weighted by Gasteiger charge is -2.13. The standard InChI is InChI=1S/C22H21ClN6/c1-28-14-25-13-22(28)21-11-15(5-6-17-7-9-26-29(17)2)18-10-16(4-3-8-24)19(23)12-20(18)27-21/h7,9-14H,3-6H2,1-2H3. The zero-order valence-electron chi connectivity index (χ0n) is 16.4. The molecule has 0 aliphatic rings. The van der Waals surface area contributed by atoms with E-state index < -0.39 is 0 Å². The third-order valence-corrected chi connectivity index (χ3v) is 5.57. The second kappa shape index (κ2) is 8.06. The molecule has 0 saturated carbocycles. The molecule has 0 spiro atoms. The van der Waals surface area contributed by atoms with E-state index in [1.54, 1.807) is 6.33 Å². The van der Waals surface area contributed by atoms with Crippen molar-refractivity contribution in [3.05, 3.63) is 64.8 Å². The molecule has 0 radical (unpaired) electrons. The van der Waals surface area contributed by atoms with E-state index in [0.717, 1.165) is 40.7 Å². The van der Waals surface area contributed by atoms with Crippen LogP contribution in [0.3, 0.4) is 0 Å². The number of hydrogen-bond acceptors (Lipinski definition) is 4. The Morgan fingerprint density at radius 1 is 1.10 bits per heavy atom. The molecule has 0 saturated heterocycles. The number of aromatic nitrogens is 5. The number of halogens is 1. The fourth-order valence-corrected chi connectivity index (χ4v) is 3.85. The highest BCUT2D eigenvalue weighted by atomic mass is 35.5. The summed E-state index contributed by atoms with van der Waals surface area (Å²) < 4.78 is 3.86. The highest BCUT2D eigenvalue weighted by Gasteiger charge is 2.13. The number of rotatable bonds is 6. The number of imidazole rings is 1. The fourth-order valence-electron chi connectivity index (χ4n) is 3.60. The van der Waals surface area contributed by atoms with E-state index in [2.05, 4.69) is 28.3 Å². The average Bonchev–Trinajstić information content (AvgIpc) is 3.32. The Morgan fingerprint density at radius 2 is 1.97 bits per heavy atom. The fraction of sp³-hybridized carbons (Fsp3) is 0.273. The van der Waals surface area contributed by atoms with E-state index in [4.69, 9.17) is 21.8 Å². The summed E-state index contributed by atoms with van der Waals surface area (Å²) in [5.74, 6) is 0. The molecule has 7 heteroatoms. The molecule has 0 aliphatic heterocycles. The van der Waals surface area contributed by atoms with Gasteiger partial charge in [-0.3, -0.25) is 4.68 Å². The summed E-state index contributed by atoms with van der Waals surface area (Å²) >= 11 is 6.50. The highest BCUT2D eigenvalue weighted by molar-refractivity contribution is 6.32. The van der Waals surface area contributed by atoms with Crippen molar-refractivity contribution < 1.29 is 0 Å². The molecule has 4 rings (SSSR count). The molecule has 1 aromatic carbocycles. The van der Waals surface area contributed by atoms with Gasteiger partial charge in [-0.05, 0) is 54.7 Å². The Hall–Kier alpha value is -3.17. The summed E-state index contributed by atoms with van der Waals surface area (Å²) in [7, 11) is 3.92. The maximum atomic E-state index is 8.95. The first-order valence-electron chi connectivity index (χ1n) is 9.49. The molecule has 3 aromatic heterocycles. The van der Waals surface area contributed by atoms with Crippen LogP contribution in [-0.2, 0) is 33.4 Å². The van der Waals surface area contributed by atoms with Crippen molar-refractivity contribution in [1.82, 2.24) is 24.3 Å². The van der Waals surface area contributed by atoms with Crippen LogP contribution in [-0.4, -0.2) is 24.3 Å². The van der Waals surface area contributed by atoms with Crippen molar-refractivity contribution in [2.75, 3.05) is 0 Å². The Labute approximate surface area is 174 Å². The van der Waals surface area contributed by atoms with Gasteiger partial charge in [0.15, 0.2) is 0 Å². The minimum Gasteiger partial charge on any atom is -0.332 e. The highest BCUT2D eigenvalue weighted by Crippen LogP contribution is 2.30. The van der Waals surface area contributed by atoms with Gasteiger partial charge in [-0.25, -0.2) is 9.97 Å². The molecule has 0 unspecified atom stereocenters. The first kappa shape index (κ1) is 19.2. The van der Waals surface area contributed by atoms with Gasteiger partial charge in [0, 0.05) is 42.8 Å². The first-order valence-corrected chi connectivity index (χ1v) is 9.87. The van der Waals surface area contributed by atoms with Crippen molar-refractivity contribution in [2.24, 2.45) is 14.1 Å². The van der Waals surface area contributed by atoms with E-state index in [9.17, 15) is 0 Å². The van der Waals surface area contributed by atoms with Crippen LogP contribution in [0.1, 0.15) is 23.2 Å². The molecule has 6 nitrogen and oxygen atoms in total. The number of nitriles is 1. The summed E-state index contributed by atoms with van der Waals surface area (Å²) in [5, 5.41) is 14.9. The van der Waals surface area contributed by atoms with Crippen molar-refractivity contribution in [3.8, 4) is 17.5 Å². The van der Waals surface area contributed by atoms with Crippen LogP contribution in [0.4, 0.5) is 0 Å². The van der Waals surface area contributed by atoms with Crippen LogP contribution in [0.15, 0.2) is 43.0 Å². The van der Waals surface area contributed by atoms with Crippen LogP contribution in [0.2, 0.25) is 5.02 Å². The lowest BCUT2D eigenvalue weighted by atomic mass is 9.98. The summed E-state index contributed by atoms with van der Waals surface area (Å²) in [6.45, 7) is 0. The molecular formula is C22H21ClN6. The summed E-state index contributed by atoms with van der Waals surface area (Å²) in [6, 6.07) is 10.4. The van der Waals surface area contributed by atoms with Gasteiger partial charge in [0.25, 0.3) is 0 Å². The Kier molecular flexibility index (Phi) is 5.32. The minimum atomic E-state index is 0.441. The van der Waals surface area contributed by atoms with Gasteiger partial charge in [0.1, 0.15) is 0 Å². The molecule has 0 bridgehead atoms. The van der Waals surface area contributed by atoms with Gasteiger partial charge in [-0.15, -0.1) is 0 Å². The van der Waals surface area contributed by atoms with E-state index in [1.807, 2.05) is 47.9 Å². The Balaban J connectivity index is 1.82. The molecule has 0 aliphatic carbocycles. The van der Waals surface area contributed by atoms with Gasteiger partial charge >= 0.3 is 0 Å². The predicted octanol–water partition coefficient (Wildman–Crippen LogP) is 4.26. The monoisotopic (exact) mass is 404 g/mol. The summed E-state index contributed by atoms with van der Waals surface area (Å²) in [5.41, 5.74) is 6.04. The SMILES string of the molecule is Cn1cncc1-c1cc(CCc2ccnn2C)c2cc(CCC#N)c(Cl)cc2n1. The number of fused-ring (bicyclic) bond motifs is 1. The second-order valence-corrected chi connectivity index (χ2v) is 7.53. The Bertz CT molecular complexity index is 1210. The normalized spacial score (nSPS) is 11.1. The third-order valence-electron chi connectivity index (χ3n) is 5.22. The topological polar surface area (TPSA) is 72.3 Å². The molecule has 146 valence electrons. The quantitative estimate of drug-likeness (QED) is 0.481. The second-order valence-electron chi connectivity index (χ2n) is 7.12. The number of hydrogen-bond donors (Lipinski definition) is 0. The Morgan fingerprint density at radius 3 is 2.66 bits per heavy atom. The number of aryl methyl sites for hydroxylation is 5. The summed E-state index contributed by atoms with van der Waals surface area (Å²) in [4.78, 5) is 9.08. The lowest BCUT2D eigenvalue weighted by Crippen LogP contribution is -2.02. The van der Waals surface area contributed by atoms with Crippen LogP contribution >= 0.6 is 11.6 Å². The molecule has 0 fully saturated rings. The van der Waals surface area contributed by atoms with Gasteiger partial charge in [-0.1, -0.05) is 11.6 Å². The largest absolute Gasteiger partial charge is 0.332 e. The molecule has 29 heavy (non-hydrogen) atoms. The number of nitrogens with zero attached hydrogens (tertiary/aromatic N) is 6. The lowest BCUT2D eigenvalue weighted by molar-refractivity contribution is 0.704. The van der Waals surface area contributed by atoms with E-state index in [1.165, 1.54) is 11.3 Å². The third kappa shape index (κ3) is 3.87. The van der Waals surface area contributed by atoms with Gasteiger partial charge in [-0.2, -0.15) is 10.4 Å². The van der Waals surface area contributed by atoms with E-state index in [-0.39, 0.29) is 0 Å². The van der Waals surface area contributed by atoms with Crippen LogP contribution in [0, 0.1) is 11.3 Å². The summed E-state index contributed by atoms with van der Waals surface area (Å²) in [6.07, 6.45) is 8.21. The average molecular weight is 405 g/mol. The van der Waals surface area contributed by atoms with Gasteiger partial charge in [0.05, 0.1) is 35.5 Å². The zero-order valence-corrected chi connectivity index (χ0v) is 17.2. The van der Waals surface area contributed by atoms with Crippen LogP contribution < -0.4 is 0 Å². The molecule has 0 atom stereocenters. The van der Waals surface area contributed by atoms with Crippen LogP contribution in [0.25, 0.3) is 22.3 Å². The van der Waals surface area contributed by atoms with E-state index in [0.29, 0.717) is 17.9 Å². The van der Waals surface area contributed by atoms with Crippen molar-refractivity contribution in [1.29, 1.82) is 5.26 Å². The molecule has 4 aromatic rings. The van der Waals surface area contributed by atoms with Crippen molar-refractivity contribution in [3.63, 3.8) is 0 Å². The molecule has 0 N–H and O–H groups in total. The first-order chi connectivity index (χ1) is 14.1. The minimum absolute atomic E-state index is 0.441. The molecule has 0 amide bonds. The van der Waals surface area contributed by atoms with Crippen molar-refractivity contribution in [2.45, 2.75) is 25.7 Å². The van der Waals surface area contributed by atoms with Crippen molar-refractivity contribution >= 4 is 22.5 Å². The predicted molar refractivity (Wildman–Crippen MR) is 114 cm³/mol. The smallest absolute Gasteiger partial charge is 0.0948 e. The zero-order chi connectivity index (χ0) is 20.4. The number of pyridine rings is 1. The number of benzene rings is 1. The van der Waals surface area contributed by atoms with E-state index >= 15 is 0 Å². The maximum absolute atomic E-state index is 8.95. The molecule has 3 heterocycles. The van der Waals surface area contributed by atoms with Crippen LogP contribution in [0.5, 0.6) is 0 Å². The molecular weight excluding hydrogens is 384 g/mol. The maximum Gasteiger partial charge on any atom is 0.0948 e. The van der Waals surface area contributed by atoms with Gasteiger partial charge < -0.3 is 4.57 Å². The van der Waals surface area contributed by atoms with Gasteiger partial charge in [0.2, 0.25) is 0 Å².